The molecule has 146 valence electrons. The third-order valence-corrected chi connectivity index (χ3v) is 5.19. The molecule has 0 aliphatic rings. The average molecular weight is 386 g/mol. The van der Waals surface area contributed by atoms with Gasteiger partial charge in [0.1, 0.15) is 5.69 Å². The van der Waals surface area contributed by atoms with Crippen molar-refractivity contribution in [1.29, 1.82) is 0 Å². The van der Waals surface area contributed by atoms with E-state index in [1.54, 1.807) is 0 Å². The summed E-state index contributed by atoms with van der Waals surface area (Å²) < 4.78 is 0. The second-order valence-corrected chi connectivity index (χ2v) is 6.92. The molecule has 8 nitrogen and oxygen atoms in total. The van der Waals surface area contributed by atoms with Gasteiger partial charge in [0.15, 0.2) is 22.8 Å². The first-order chi connectivity index (χ1) is 13.9. The molecule has 0 bridgehead atoms. The van der Waals surface area contributed by atoms with Crippen molar-refractivity contribution < 1.29 is 0 Å². The van der Waals surface area contributed by atoms with Crippen molar-refractivity contribution in [2.45, 2.75) is 12.5 Å². The smallest absolute Gasteiger partial charge is 0.224 e. The molecule has 2 aromatic heterocycles. The molecule has 0 saturated carbocycles. The first-order valence-electron chi connectivity index (χ1n) is 9.14. The van der Waals surface area contributed by atoms with Crippen LogP contribution in [0.4, 0.5) is 17.6 Å². The minimum atomic E-state index is -0.337. The quantitative estimate of drug-likeness (QED) is 0.418. The minimum Gasteiger partial charge on any atom is -0.382 e. The van der Waals surface area contributed by atoms with Crippen molar-refractivity contribution >= 4 is 28.7 Å². The molecule has 1 atom stereocenters. The molecule has 0 saturated heterocycles. The lowest BCUT2D eigenvalue weighted by molar-refractivity contribution is 0.485. The molecule has 0 spiro atoms. The first kappa shape index (κ1) is 18.6. The summed E-state index contributed by atoms with van der Waals surface area (Å²) in [6.07, 6.45) is 0. The zero-order valence-electron chi connectivity index (χ0n) is 16.2. The lowest BCUT2D eigenvalue weighted by atomic mass is 9.84. The molecular formula is C21H22N8. The highest BCUT2D eigenvalue weighted by atomic mass is 15.1. The molecule has 4 aromatic rings. The van der Waals surface area contributed by atoms with E-state index in [0.29, 0.717) is 11.2 Å². The summed E-state index contributed by atoms with van der Waals surface area (Å²) in [5.74, 6) is 0.458. The largest absolute Gasteiger partial charge is 0.382 e. The van der Waals surface area contributed by atoms with Crippen molar-refractivity contribution in [2.75, 3.05) is 24.2 Å². The van der Waals surface area contributed by atoms with Crippen LogP contribution in [-0.4, -0.2) is 27.0 Å². The van der Waals surface area contributed by atoms with Crippen LogP contribution in [0.5, 0.6) is 0 Å². The fraction of sp³-hybridized carbons (Fsp3) is 0.143. The summed E-state index contributed by atoms with van der Waals surface area (Å²) in [7, 11) is 1.95. The van der Waals surface area contributed by atoms with Gasteiger partial charge in [0.05, 0.1) is 5.54 Å². The fourth-order valence-corrected chi connectivity index (χ4v) is 3.40. The van der Waals surface area contributed by atoms with E-state index in [1.165, 1.54) is 5.56 Å². The van der Waals surface area contributed by atoms with Crippen LogP contribution in [0, 0.1) is 0 Å². The van der Waals surface area contributed by atoms with Gasteiger partial charge in [0.25, 0.3) is 0 Å². The van der Waals surface area contributed by atoms with Crippen LogP contribution in [0.1, 0.15) is 18.1 Å². The van der Waals surface area contributed by atoms with Gasteiger partial charge in [-0.05, 0) is 25.1 Å². The number of anilines is 3. The van der Waals surface area contributed by atoms with Crippen molar-refractivity contribution in [2.24, 2.45) is 0 Å². The van der Waals surface area contributed by atoms with Gasteiger partial charge in [-0.2, -0.15) is 9.97 Å². The summed E-state index contributed by atoms with van der Waals surface area (Å²) in [6, 6.07) is 18.3. The number of nitrogens with two attached hydrogens (primary N) is 3. The van der Waals surface area contributed by atoms with Crippen LogP contribution in [0.25, 0.3) is 22.4 Å². The standard InChI is InChI=1S/C21H22N8/c1-21(25-2,13-6-4-3-5-7-13)14-10-8-12(9-11-14)15-17(22)27-19-16(26-15)18(23)28-20(24)29-19/h3-11,25H,1-2H3,(H6,22,23,24,27,28,29). The molecule has 1 unspecified atom stereocenters. The maximum absolute atomic E-state index is 6.13. The monoisotopic (exact) mass is 386 g/mol. The van der Waals surface area contributed by atoms with Gasteiger partial charge in [-0.3, -0.25) is 0 Å². The van der Waals surface area contributed by atoms with E-state index in [9.17, 15) is 0 Å². The number of aromatic nitrogens is 4. The lowest BCUT2D eigenvalue weighted by Gasteiger charge is -2.30. The highest BCUT2D eigenvalue weighted by Crippen LogP contribution is 2.32. The molecular weight excluding hydrogens is 364 g/mol. The highest BCUT2D eigenvalue weighted by Gasteiger charge is 2.26. The van der Waals surface area contributed by atoms with Crippen molar-refractivity contribution in [3.8, 4) is 11.3 Å². The van der Waals surface area contributed by atoms with Crippen LogP contribution in [0.2, 0.25) is 0 Å². The molecule has 7 N–H and O–H groups in total. The van der Waals surface area contributed by atoms with Crippen molar-refractivity contribution in [3.63, 3.8) is 0 Å². The number of hydrogen-bond acceptors (Lipinski definition) is 8. The summed E-state index contributed by atoms with van der Waals surface area (Å²) >= 11 is 0. The van der Waals surface area contributed by atoms with Gasteiger partial charge in [-0.1, -0.05) is 54.6 Å². The Balaban J connectivity index is 1.77. The van der Waals surface area contributed by atoms with E-state index in [2.05, 4.69) is 44.3 Å². The Hall–Kier alpha value is -3.78. The minimum absolute atomic E-state index is 0.0352. The number of nitrogens with one attached hydrogen (secondary N) is 1. The number of rotatable bonds is 4. The van der Waals surface area contributed by atoms with E-state index < -0.39 is 0 Å². The van der Waals surface area contributed by atoms with E-state index in [1.807, 2.05) is 49.5 Å². The van der Waals surface area contributed by atoms with Crippen LogP contribution >= 0.6 is 0 Å². The zero-order chi connectivity index (χ0) is 20.6. The van der Waals surface area contributed by atoms with Crippen molar-refractivity contribution in [1.82, 2.24) is 25.3 Å². The summed E-state index contributed by atoms with van der Waals surface area (Å²) in [5, 5.41) is 3.42. The molecule has 0 aliphatic carbocycles. The van der Waals surface area contributed by atoms with Gasteiger partial charge < -0.3 is 22.5 Å². The van der Waals surface area contributed by atoms with Crippen LogP contribution in [0.15, 0.2) is 54.6 Å². The van der Waals surface area contributed by atoms with Crippen LogP contribution < -0.4 is 22.5 Å². The number of nitrogen functional groups attached to an aromatic ring is 3. The Morgan fingerprint density at radius 3 is 2.07 bits per heavy atom. The Morgan fingerprint density at radius 2 is 1.41 bits per heavy atom. The zero-order valence-corrected chi connectivity index (χ0v) is 16.2. The van der Waals surface area contributed by atoms with Gasteiger partial charge >= 0.3 is 0 Å². The van der Waals surface area contributed by atoms with Gasteiger partial charge in [0.2, 0.25) is 5.95 Å². The number of nitrogens with zero attached hydrogens (tertiary/aromatic N) is 4. The summed E-state index contributed by atoms with van der Waals surface area (Å²) in [6.45, 7) is 2.14. The van der Waals surface area contributed by atoms with E-state index in [-0.39, 0.29) is 28.8 Å². The molecule has 0 amide bonds. The highest BCUT2D eigenvalue weighted by molar-refractivity contribution is 5.87. The van der Waals surface area contributed by atoms with Crippen LogP contribution in [0.3, 0.4) is 0 Å². The Morgan fingerprint density at radius 1 is 0.759 bits per heavy atom. The number of hydrogen-bond donors (Lipinski definition) is 4. The Kier molecular flexibility index (Phi) is 4.48. The Labute approximate surface area is 168 Å². The van der Waals surface area contributed by atoms with Gasteiger partial charge in [0, 0.05) is 5.56 Å². The molecule has 29 heavy (non-hydrogen) atoms. The van der Waals surface area contributed by atoms with E-state index in [4.69, 9.17) is 17.2 Å². The molecule has 4 rings (SSSR count). The number of benzene rings is 2. The predicted octanol–water partition coefficient (Wildman–Crippen LogP) is 2.32. The average Bonchev–Trinajstić information content (AvgIpc) is 2.73. The second-order valence-electron chi connectivity index (χ2n) is 6.92. The lowest BCUT2D eigenvalue weighted by Crippen LogP contribution is -2.37. The first-order valence-corrected chi connectivity index (χ1v) is 9.14. The molecule has 8 heteroatoms. The van der Waals surface area contributed by atoms with E-state index >= 15 is 0 Å². The second kappa shape index (κ2) is 6.99. The molecule has 2 aromatic carbocycles. The Bertz CT molecular complexity index is 1170. The molecule has 2 heterocycles. The van der Waals surface area contributed by atoms with Crippen molar-refractivity contribution in [3.05, 3.63) is 65.7 Å². The SMILES string of the molecule is CNC(C)(c1ccccc1)c1ccc(-c2nc3c(N)nc(N)nc3nc2N)cc1. The maximum atomic E-state index is 6.13. The molecule has 0 aliphatic heterocycles. The molecule has 0 fully saturated rings. The van der Waals surface area contributed by atoms with Crippen LogP contribution in [-0.2, 0) is 5.54 Å². The normalized spacial score (nSPS) is 13.3. The van der Waals surface area contributed by atoms with Gasteiger partial charge in [-0.25, -0.2) is 9.97 Å². The third kappa shape index (κ3) is 3.19. The van der Waals surface area contributed by atoms with E-state index in [0.717, 1.165) is 11.1 Å². The molecule has 0 radical (unpaired) electrons. The fourth-order valence-electron chi connectivity index (χ4n) is 3.40. The van der Waals surface area contributed by atoms with Gasteiger partial charge in [-0.15, -0.1) is 0 Å². The summed E-state index contributed by atoms with van der Waals surface area (Å²) in [4.78, 5) is 16.8. The predicted molar refractivity (Wildman–Crippen MR) is 116 cm³/mol. The number of fused-ring (bicyclic) bond motifs is 1. The maximum Gasteiger partial charge on any atom is 0.224 e. The third-order valence-electron chi connectivity index (χ3n) is 5.19. The summed E-state index contributed by atoms with van der Waals surface area (Å²) in [5.41, 5.74) is 21.6. The topological polar surface area (TPSA) is 142 Å².